The van der Waals surface area contributed by atoms with Crippen molar-refractivity contribution in [3.05, 3.63) is 35.4 Å². The van der Waals surface area contributed by atoms with Gasteiger partial charge in [-0.1, -0.05) is 38.1 Å². The molecule has 2 atom stereocenters. The second-order valence-corrected chi connectivity index (χ2v) is 10.3. The fourth-order valence-electron chi connectivity index (χ4n) is 2.43. The predicted octanol–water partition coefficient (Wildman–Crippen LogP) is 2.00. The monoisotopic (exact) mass is 314 g/mol. The number of hydrogen-bond donors (Lipinski definition) is 0. The van der Waals surface area contributed by atoms with Crippen LogP contribution in [0.4, 0.5) is 0 Å². The van der Waals surface area contributed by atoms with E-state index in [0.717, 1.165) is 0 Å². The van der Waals surface area contributed by atoms with Gasteiger partial charge < -0.3 is 17.7 Å². The molecule has 0 radical (unpaired) electrons. The fourth-order valence-corrected chi connectivity index (χ4v) is 5.52. The summed E-state index contributed by atoms with van der Waals surface area (Å²) in [5.41, 5.74) is 3.17. The maximum absolute atomic E-state index is 5.45. The van der Waals surface area contributed by atoms with Gasteiger partial charge in [-0.25, -0.2) is 0 Å². The van der Waals surface area contributed by atoms with Crippen molar-refractivity contribution >= 4 is 18.6 Å². The molecule has 0 bridgehead atoms. The zero-order valence-corrected chi connectivity index (χ0v) is 15.6. The summed E-state index contributed by atoms with van der Waals surface area (Å²) in [5.74, 6) is 0. The molecular weight excluding hydrogens is 288 g/mol. The first-order valence-electron chi connectivity index (χ1n) is 6.80. The molecule has 4 nitrogen and oxygen atoms in total. The van der Waals surface area contributed by atoms with Gasteiger partial charge in [-0.2, -0.15) is 0 Å². The smallest absolute Gasteiger partial charge is 0.328 e. The molecule has 0 aliphatic rings. The van der Waals surface area contributed by atoms with E-state index in [1.165, 1.54) is 11.1 Å². The van der Waals surface area contributed by atoms with Gasteiger partial charge in [0.05, 0.1) is 0 Å². The minimum atomic E-state index is -1.63. The van der Waals surface area contributed by atoms with Crippen molar-refractivity contribution in [2.45, 2.75) is 24.9 Å². The van der Waals surface area contributed by atoms with Gasteiger partial charge in [0.1, 0.15) is 0 Å². The SMILES string of the molecule is CO[SiH](OC)C(C)c1ccc(C(C)[SiH](OC)OC)cc1. The molecule has 0 N–H and O–H groups in total. The van der Waals surface area contributed by atoms with Crippen LogP contribution in [-0.2, 0) is 17.7 Å². The normalized spacial score (nSPS) is 14.8. The molecule has 0 spiro atoms. The summed E-state index contributed by atoms with van der Waals surface area (Å²) in [6.45, 7) is 4.31. The van der Waals surface area contributed by atoms with Gasteiger partial charge in [-0.05, 0) is 11.1 Å². The lowest BCUT2D eigenvalue weighted by atomic mass is 10.1. The average molecular weight is 315 g/mol. The van der Waals surface area contributed by atoms with Crippen LogP contribution in [0.2, 0.25) is 0 Å². The Morgan fingerprint density at radius 3 is 1.10 bits per heavy atom. The molecule has 114 valence electrons. The quantitative estimate of drug-likeness (QED) is 0.688. The van der Waals surface area contributed by atoms with E-state index in [-0.39, 0.29) is 0 Å². The molecule has 1 aromatic rings. The van der Waals surface area contributed by atoms with Crippen molar-refractivity contribution < 1.29 is 17.7 Å². The third-order valence-corrected chi connectivity index (χ3v) is 8.00. The molecule has 0 heterocycles. The van der Waals surface area contributed by atoms with Gasteiger partial charge in [-0.15, -0.1) is 0 Å². The molecular formula is C14H26O4Si2. The summed E-state index contributed by atoms with van der Waals surface area (Å²) in [5, 5.41) is 0. The van der Waals surface area contributed by atoms with E-state index < -0.39 is 18.6 Å². The Bertz CT molecular complexity index is 340. The molecule has 0 aromatic heterocycles. The predicted molar refractivity (Wildman–Crippen MR) is 85.6 cm³/mol. The minimum Gasteiger partial charge on any atom is -0.400 e. The Labute approximate surface area is 125 Å². The van der Waals surface area contributed by atoms with E-state index in [0.29, 0.717) is 11.1 Å². The number of rotatable bonds is 8. The van der Waals surface area contributed by atoms with Gasteiger partial charge >= 0.3 is 18.6 Å². The summed E-state index contributed by atoms with van der Waals surface area (Å²) in [7, 11) is 3.64. The molecule has 0 saturated heterocycles. The van der Waals surface area contributed by atoms with E-state index in [4.69, 9.17) is 17.7 Å². The second-order valence-electron chi connectivity index (χ2n) is 4.92. The van der Waals surface area contributed by atoms with Crippen LogP contribution in [0.15, 0.2) is 24.3 Å². The highest BCUT2D eigenvalue weighted by Crippen LogP contribution is 2.24. The zero-order valence-electron chi connectivity index (χ0n) is 13.3. The van der Waals surface area contributed by atoms with Crippen LogP contribution < -0.4 is 0 Å². The zero-order chi connectivity index (χ0) is 15.1. The van der Waals surface area contributed by atoms with Crippen LogP contribution in [0.3, 0.4) is 0 Å². The maximum Gasteiger partial charge on any atom is 0.328 e. The molecule has 0 saturated carbocycles. The molecule has 0 aliphatic carbocycles. The van der Waals surface area contributed by atoms with Crippen molar-refractivity contribution in [2.75, 3.05) is 28.4 Å². The van der Waals surface area contributed by atoms with E-state index in [2.05, 4.69) is 38.1 Å². The highest BCUT2D eigenvalue weighted by Gasteiger charge is 2.24. The van der Waals surface area contributed by atoms with Crippen LogP contribution >= 0.6 is 0 Å². The lowest BCUT2D eigenvalue weighted by Gasteiger charge is -2.21. The first kappa shape index (κ1) is 17.5. The molecule has 0 aliphatic heterocycles. The van der Waals surface area contributed by atoms with Crippen molar-refractivity contribution in [1.82, 2.24) is 0 Å². The molecule has 0 fully saturated rings. The second kappa shape index (κ2) is 8.71. The van der Waals surface area contributed by atoms with Crippen molar-refractivity contribution in [3.8, 4) is 0 Å². The van der Waals surface area contributed by atoms with Crippen LogP contribution in [0.1, 0.15) is 36.1 Å². The maximum atomic E-state index is 5.45. The van der Waals surface area contributed by atoms with E-state index in [1.54, 1.807) is 28.4 Å². The highest BCUT2D eigenvalue weighted by atomic mass is 28.3. The molecule has 6 heteroatoms. The Morgan fingerprint density at radius 2 is 0.900 bits per heavy atom. The molecule has 1 aromatic carbocycles. The topological polar surface area (TPSA) is 36.9 Å². The van der Waals surface area contributed by atoms with Crippen LogP contribution in [0, 0.1) is 0 Å². The summed E-state index contributed by atoms with van der Waals surface area (Å²) in [6, 6.07) is 8.63. The lowest BCUT2D eigenvalue weighted by Crippen LogP contribution is -2.28. The Hall–Kier alpha value is -0.506. The Kier molecular flexibility index (Phi) is 7.64. The summed E-state index contributed by atoms with van der Waals surface area (Å²) in [6.07, 6.45) is 0. The molecule has 20 heavy (non-hydrogen) atoms. The fraction of sp³-hybridized carbons (Fsp3) is 0.571. The van der Waals surface area contributed by atoms with Crippen LogP contribution in [0.5, 0.6) is 0 Å². The number of hydrogen-bond acceptors (Lipinski definition) is 4. The minimum absolute atomic E-state index is 0.326. The average Bonchev–Trinajstić information content (AvgIpc) is 2.49. The molecule has 2 unspecified atom stereocenters. The van der Waals surface area contributed by atoms with Gasteiger partial charge in [-0.3, -0.25) is 0 Å². The molecule has 1 rings (SSSR count). The summed E-state index contributed by atoms with van der Waals surface area (Å²) < 4.78 is 21.8. The van der Waals surface area contributed by atoms with Gasteiger partial charge in [0.25, 0.3) is 0 Å². The summed E-state index contributed by atoms with van der Waals surface area (Å²) in [4.78, 5) is 0. The standard InChI is InChI=1S/C14H26O4Si2/c1-11(19(15-3)16-4)13-7-9-14(10-8-13)12(2)20(17-5)18-6/h7-12,19-20H,1-6H3. The van der Waals surface area contributed by atoms with Gasteiger partial charge in [0, 0.05) is 39.5 Å². The first-order chi connectivity index (χ1) is 9.58. The van der Waals surface area contributed by atoms with Crippen LogP contribution in [-0.4, -0.2) is 47.0 Å². The largest absolute Gasteiger partial charge is 0.400 e. The molecule has 0 amide bonds. The van der Waals surface area contributed by atoms with Crippen LogP contribution in [0.25, 0.3) is 0 Å². The Balaban J connectivity index is 2.83. The van der Waals surface area contributed by atoms with Crippen molar-refractivity contribution in [2.24, 2.45) is 0 Å². The highest BCUT2D eigenvalue weighted by molar-refractivity contribution is 6.46. The third-order valence-electron chi connectivity index (χ3n) is 3.73. The van der Waals surface area contributed by atoms with Gasteiger partial charge in [0.15, 0.2) is 0 Å². The Morgan fingerprint density at radius 1 is 0.650 bits per heavy atom. The van der Waals surface area contributed by atoms with E-state index in [1.807, 2.05) is 0 Å². The van der Waals surface area contributed by atoms with Crippen molar-refractivity contribution in [1.29, 1.82) is 0 Å². The number of benzene rings is 1. The van der Waals surface area contributed by atoms with E-state index >= 15 is 0 Å². The first-order valence-corrected chi connectivity index (χ1v) is 10.0. The van der Waals surface area contributed by atoms with Crippen molar-refractivity contribution in [3.63, 3.8) is 0 Å². The van der Waals surface area contributed by atoms with Gasteiger partial charge in [0.2, 0.25) is 0 Å². The summed E-state index contributed by atoms with van der Waals surface area (Å²) >= 11 is 0. The lowest BCUT2D eigenvalue weighted by molar-refractivity contribution is 0.268. The van der Waals surface area contributed by atoms with E-state index in [9.17, 15) is 0 Å². The third kappa shape index (κ3) is 4.24.